The number of aromatic nitrogens is 4. The van der Waals surface area contributed by atoms with Gasteiger partial charge in [-0.1, -0.05) is 6.92 Å². The number of nitrogens with one attached hydrogen (secondary N) is 2. The summed E-state index contributed by atoms with van der Waals surface area (Å²) in [5, 5.41) is 11.3. The number of hydrogen-bond acceptors (Lipinski definition) is 8. The van der Waals surface area contributed by atoms with Crippen molar-refractivity contribution in [1.82, 2.24) is 30.0 Å². The lowest BCUT2D eigenvalue weighted by Gasteiger charge is -2.37. The second-order valence-electron chi connectivity index (χ2n) is 12.6. The Labute approximate surface area is 284 Å². The number of aromatic amines is 1. The number of likely N-dealkylation sites (tertiary alicyclic amines) is 1. The molecule has 0 bridgehead atoms. The van der Waals surface area contributed by atoms with E-state index in [-0.39, 0.29) is 24.2 Å². The van der Waals surface area contributed by atoms with Gasteiger partial charge in [0.25, 0.3) is 5.91 Å². The van der Waals surface area contributed by atoms with E-state index in [1.54, 1.807) is 30.6 Å². The van der Waals surface area contributed by atoms with Gasteiger partial charge in [-0.25, -0.2) is 14.4 Å². The van der Waals surface area contributed by atoms with Gasteiger partial charge in [-0.05, 0) is 85.6 Å². The lowest BCUT2D eigenvalue weighted by molar-refractivity contribution is -0.141. The summed E-state index contributed by atoms with van der Waals surface area (Å²) >= 11 is 0. The van der Waals surface area contributed by atoms with Crippen molar-refractivity contribution in [2.75, 3.05) is 62.6 Å². The molecule has 5 aromatic rings. The number of rotatable bonds is 10. The third kappa shape index (κ3) is 7.01. The maximum atomic E-state index is 13.9. The summed E-state index contributed by atoms with van der Waals surface area (Å²) in [6, 6.07) is 21.7. The van der Waals surface area contributed by atoms with Crippen LogP contribution in [-0.4, -0.2) is 99.8 Å². The molecular weight excluding hydrogens is 623 g/mol. The molecule has 3 aromatic carbocycles. The Morgan fingerprint density at radius 1 is 0.939 bits per heavy atom. The molecule has 1 unspecified atom stereocenters. The largest absolute Gasteiger partial charge is 0.368 e. The summed E-state index contributed by atoms with van der Waals surface area (Å²) in [5.74, 6) is 0.199. The minimum absolute atomic E-state index is 0.0571. The SMILES string of the molecule is CCCOC1(C(=O)Nc2ccc3[nH]nc(-c4ccc(F)cc4)c3c2)CCN(CC(=O)N2CCN(c3ccc(-c4ncccn4)cc3)CC2)C1. The highest BCUT2D eigenvalue weighted by molar-refractivity contribution is 6.01. The summed E-state index contributed by atoms with van der Waals surface area (Å²) < 4.78 is 19.8. The third-order valence-corrected chi connectivity index (χ3v) is 9.29. The van der Waals surface area contributed by atoms with Crippen LogP contribution in [0.15, 0.2) is 85.2 Å². The van der Waals surface area contributed by atoms with Gasteiger partial charge in [0.1, 0.15) is 5.82 Å². The first-order valence-corrected chi connectivity index (χ1v) is 16.7. The van der Waals surface area contributed by atoms with Gasteiger partial charge in [0.15, 0.2) is 11.4 Å². The van der Waals surface area contributed by atoms with Gasteiger partial charge in [0, 0.05) is 86.2 Å². The van der Waals surface area contributed by atoms with E-state index in [2.05, 4.69) is 42.5 Å². The monoisotopic (exact) mass is 662 g/mol. The van der Waals surface area contributed by atoms with Gasteiger partial charge < -0.3 is 19.9 Å². The molecule has 1 atom stereocenters. The quantitative estimate of drug-likeness (QED) is 0.215. The predicted octanol–water partition coefficient (Wildman–Crippen LogP) is 4.98. The van der Waals surface area contributed by atoms with Crippen molar-refractivity contribution in [2.45, 2.75) is 25.4 Å². The van der Waals surface area contributed by atoms with Crippen LogP contribution in [-0.2, 0) is 14.3 Å². The lowest BCUT2D eigenvalue weighted by atomic mass is 10.0. The molecule has 4 heterocycles. The number of benzene rings is 3. The molecule has 49 heavy (non-hydrogen) atoms. The highest BCUT2D eigenvalue weighted by Crippen LogP contribution is 2.31. The number of anilines is 2. The summed E-state index contributed by atoms with van der Waals surface area (Å²) in [6.45, 7) is 6.33. The van der Waals surface area contributed by atoms with Gasteiger partial charge in [0.2, 0.25) is 5.91 Å². The topological polar surface area (TPSA) is 120 Å². The Hall–Kier alpha value is -5.20. The Balaban J connectivity index is 0.963. The average Bonchev–Trinajstić information content (AvgIpc) is 3.76. The number of fused-ring (bicyclic) bond motifs is 1. The van der Waals surface area contributed by atoms with Crippen molar-refractivity contribution in [1.29, 1.82) is 0 Å². The first-order chi connectivity index (χ1) is 23.9. The van der Waals surface area contributed by atoms with Gasteiger partial charge in [0.05, 0.1) is 17.8 Å². The van der Waals surface area contributed by atoms with E-state index in [9.17, 15) is 14.0 Å². The van der Waals surface area contributed by atoms with Gasteiger partial charge >= 0.3 is 0 Å². The van der Waals surface area contributed by atoms with Crippen LogP contribution in [0.25, 0.3) is 33.5 Å². The fourth-order valence-electron chi connectivity index (χ4n) is 6.60. The number of H-pyrrole nitrogens is 1. The van der Waals surface area contributed by atoms with Crippen molar-refractivity contribution in [3.8, 4) is 22.6 Å². The predicted molar refractivity (Wildman–Crippen MR) is 186 cm³/mol. The first-order valence-electron chi connectivity index (χ1n) is 16.7. The smallest absolute Gasteiger partial charge is 0.258 e. The molecule has 2 aliphatic rings. The second kappa shape index (κ2) is 14.1. The standard InChI is InChI=1S/C37H39FN8O3/c1-2-22-49-37(36(48)41-29-10-13-32-31(23-29)34(43-42-32)26-4-8-28(38)9-5-26)14-17-44(25-37)24-33(47)46-20-18-45(19-21-46)30-11-6-27(7-12-30)35-39-15-3-16-40-35/h3-13,15-16,23H,2,14,17-22,24-25H2,1H3,(H,41,48)(H,42,43). The number of carbonyl (C=O) groups excluding carboxylic acids is 2. The van der Waals surface area contributed by atoms with Crippen LogP contribution >= 0.6 is 0 Å². The molecule has 0 radical (unpaired) electrons. The average molecular weight is 663 g/mol. The molecule has 0 aliphatic carbocycles. The second-order valence-corrected chi connectivity index (χ2v) is 12.6. The maximum absolute atomic E-state index is 13.9. The Morgan fingerprint density at radius 3 is 2.41 bits per heavy atom. The molecule has 2 saturated heterocycles. The molecule has 0 spiro atoms. The third-order valence-electron chi connectivity index (χ3n) is 9.29. The van der Waals surface area contributed by atoms with Crippen molar-refractivity contribution < 1.29 is 18.7 Å². The zero-order valence-corrected chi connectivity index (χ0v) is 27.4. The molecule has 2 aromatic heterocycles. The number of amides is 2. The van der Waals surface area contributed by atoms with Gasteiger partial charge in [-0.3, -0.25) is 19.6 Å². The molecule has 2 amide bonds. The van der Waals surface area contributed by atoms with E-state index < -0.39 is 5.60 Å². The van der Waals surface area contributed by atoms with Crippen LogP contribution in [0.2, 0.25) is 0 Å². The van der Waals surface area contributed by atoms with Crippen LogP contribution in [0.1, 0.15) is 19.8 Å². The van der Waals surface area contributed by atoms with E-state index in [0.717, 1.165) is 47.2 Å². The van der Waals surface area contributed by atoms with Crippen LogP contribution in [0.4, 0.5) is 15.8 Å². The fraction of sp³-hybridized carbons (Fsp3) is 0.324. The van der Waals surface area contributed by atoms with Crippen LogP contribution in [0.3, 0.4) is 0 Å². The zero-order valence-electron chi connectivity index (χ0n) is 27.4. The van der Waals surface area contributed by atoms with Gasteiger partial charge in [-0.2, -0.15) is 5.10 Å². The lowest BCUT2D eigenvalue weighted by Crippen LogP contribution is -2.52. The highest BCUT2D eigenvalue weighted by Gasteiger charge is 2.46. The normalized spacial score (nSPS) is 18.2. The molecule has 2 fully saturated rings. The van der Waals surface area contributed by atoms with E-state index >= 15 is 0 Å². The summed E-state index contributed by atoms with van der Waals surface area (Å²) in [7, 11) is 0. The van der Waals surface area contributed by atoms with Crippen LogP contribution in [0, 0.1) is 5.82 Å². The molecule has 0 saturated carbocycles. The first kappa shape index (κ1) is 32.4. The molecule has 2 aliphatic heterocycles. The number of halogens is 1. The fourth-order valence-corrected chi connectivity index (χ4v) is 6.60. The number of piperazine rings is 1. The van der Waals surface area contributed by atoms with E-state index in [0.29, 0.717) is 56.4 Å². The number of nitrogens with zero attached hydrogens (tertiary/aromatic N) is 6. The van der Waals surface area contributed by atoms with E-state index in [1.165, 1.54) is 12.1 Å². The Bertz CT molecular complexity index is 1910. The van der Waals surface area contributed by atoms with E-state index in [1.807, 2.05) is 47.1 Å². The molecule has 11 nitrogen and oxygen atoms in total. The van der Waals surface area contributed by atoms with Crippen molar-refractivity contribution >= 4 is 34.1 Å². The number of carbonyl (C=O) groups is 2. The molecule has 252 valence electrons. The zero-order chi connectivity index (χ0) is 33.8. The minimum atomic E-state index is -1.07. The van der Waals surface area contributed by atoms with Crippen molar-refractivity contribution in [3.63, 3.8) is 0 Å². The minimum Gasteiger partial charge on any atom is -0.368 e. The molecular formula is C37H39FN8O3. The van der Waals surface area contributed by atoms with Crippen LogP contribution < -0.4 is 10.2 Å². The number of hydrogen-bond donors (Lipinski definition) is 2. The summed E-state index contributed by atoms with van der Waals surface area (Å²) in [6.07, 6.45) is 4.72. The highest BCUT2D eigenvalue weighted by atomic mass is 19.1. The van der Waals surface area contributed by atoms with E-state index in [4.69, 9.17) is 4.74 Å². The maximum Gasteiger partial charge on any atom is 0.258 e. The Morgan fingerprint density at radius 2 is 1.67 bits per heavy atom. The summed E-state index contributed by atoms with van der Waals surface area (Å²) in [5.41, 5.74) is 3.85. The molecule has 12 heteroatoms. The molecule has 7 rings (SSSR count). The summed E-state index contributed by atoms with van der Waals surface area (Å²) in [4.78, 5) is 42.2. The van der Waals surface area contributed by atoms with Crippen LogP contribution in [0.5, 0.6) is 0 Å². The molecule has 2 N–H and O–H groups in total. The number of ether oxygens (including phenoxy) is 1. The van der Waals surface area contributed by atoms with Gasteiger partial charge in [-0.15, -0.1) is 0 Å². The Kier molecular flexibility index (Phi) is 9.32. The van der Waals surface area contributed by atoms with Crippen molar-refractivity contribution in [3.05, 3.63) is 91.0 Å². The van der Waals surface area contributed by atoms with Crippen molar-refractivity contribution in [2.24, 2.45) is 0 Å².